The number of aromatic amines is 1. The molecule has 2 N–H and O–H groups in total. The number of aromatic nitrogens is 2. The third-order valence-electron chi connectivity index (χ3n) is 4.90. The first-order chi connectivity index (χ1) is 12.7. The highest BCUT2D eigenvalue weighted by atomic mass is 19.1. The first-order valence-corrected chi connectivity index (χ1v) is 8.90. The Bertz CT molecular complexity index is 882. The van der Waals surface area contributed by atoms with E-state index in [1.165, 1.54) is 6.07 Å². The number of H-pyrrole nitrogens is 1. The van der Waals surface area contributed by atoms with Crippen molar-refractivity contribution in [2.45, 2.75) is 19.4 Å². The van der Waals surface area contributed by atoms with E-state index in [0.717, 1.165) is 49.3 Å². The van der Waals surface area contributed by atoms with Crippen molar-refractivity contribution in [1.29, 1.82) is 0 Å². The fourth-order valence-electron chi connectivity index (χ4n) is 3.44. The van der Waals surface area contributed by atoms with Gasteiger partial charge in [-0.2, -0.15) is 0 Å². The fraction of sp³-hybridized carbons (Fsp3) is 0.300. The molecular weight excluding hydrogens is 331 g/mol. The molecule has 1 aromatic heterocycles. The lowest BCUT2D eigenvalue weighted by atomic mass is 9.96. The van der Waals surface area contributed by atoms with E-state index in [2.05, 4.69) is 20.2 Å². The van der Waals surface area contributed by atoms with Crippen molar-refractivity contribution in [3.05, 3.63) is 60.2 Å². The number of rotatable bonds is 4. The molecule has 1 aliphatic rings. The molecule has 6 heteroatoms. The molecule has 0 bridgehead atoms. The number of fused-ring (bicyclic) bond motifs is 1. The van der Waals surface area contributed by atoms with Crippen LogP contribution in [0.2, 0.25) is 0 Å². The van der Waals surface area contributed by atoms with Gasteiger partial charge in [-0.1, -0.05) is 24.3 Å². The molecule has 134 valence electrons. The van der Waals surface area contributed by atoms with Gasteiger partial charge in [-0.25, -0.2) is 9.37 Å². The maximum atomic E-state index is 13.7. The monoisotopic (exact) mass is 352 g/mol. The summed E-state index contributed by atoms with van der Waals surface area (Å²) in [6.07, 6.45) is 1.53. The molecule has 1 aliphatic heterocycles. The van der Waals surface area contributed by atoms with Gasteiger partial charge in [-0.15, -0.1) is 0 Å². The van der Waals surface area contributed by atoms with Gasteiger partial charge in [0.05, 0.1) is 23.3 Å². The van der Waals surface area contributed by atoms with Crippen LogP contribution >= 0.6 is 0 Å². The van der Waals surface area contributed by atoms with Crippen LogP contribution in [0.1, 0.15) is 18.7 Å². The Hall–Kier alpha value is -2.73. The van der Waals surface area contributed by atoms with Gasteiger partial charge in [0, 0.05) is 5.92 Å². The number of nitrogens with zero attached hydrogens (tertiary/aromatic N) is 2. The molecule has 0 atom stereocenters. The lowest BCUT2D eigenvalue weighted by Gasteiger charge is -2.30. The van der Waals surface area contributed by atoms with E-state index in [1.807, 2.05) is 24.3 Å². The number of hydrogen-bond donors (Lipinski definition) is 2. The van der Waals surface area contributed by atoms with Crippen molar-refractivity contribution >= 4 is 22.6 Å². The number of benzene rings is 2. The Kier molecular flexibility index (Phi) is 4.67. The molecule has 1 saturated heterocycles. The first kappa shape index (κ1) is 16.7. The van der Waals surface area contributed by atoms with Crippen molar-refractivity contribution in [3.63, 3.8) is 0 Å². The highest BCUT2D eigenvalue weighted by molar-refractivity contribution is 5.92. The lowest BCUT2D eigenvalue weighted by Crippen LogP contribution is -2.38. The number of halogens is 1. The normalized spacial score (nSPS) is 16.0. The van der Waals surface area contributed by atoms with Crippen LogP contribution in [0.15, 0.2) is 48.5 Å². The summed E-state index contributed by atoms with van der Waals surface area (Å²) in [4.78, 5) is 22.6. The van der Waals surface area contributed by atoms with Crippen molar-refractivity contribution in [3.8, 4) is 0 Å². The third kappa shape index (κ3) is 3.60. The molecule has 1 fully saturated rings. The Labute approximate surface area is 151 Å². The summed E-state index contributed by atoms with van der Waals surface area (Å²) in [5.74, 6) is 0.364. The number of carbonyl (C=O) groups excluding carboxylic acids is 1. The molecule has 0 saturated carbocycles. The van der Waals surface area contributed by atoms with Gasteiger partial charge in [0.2, 0.25) is 5.91 Å². The summed E-state index contributed by atoms with van der Waals surface area (Å²) in [5.41, 5.74) is 2.27. The number of hydrogen-bond acceptors (Lipinski definition) is 3. The number of likely N-dealkylation sites (tertiary alicyclic amines) is 1. The average molecular weight is 352 g/mol. The zero-order valence-electron chi connectivity index (χ0n) is 14.4. The Morgan fingerprint density at radius 1 is 1.15 bits per heavy atom. The highest BCUT2D eigenvalue weighted by Crippen LogP contribution is 2.22. The number of anilines is 1. The Morgan fingerprint density at radius 2 is 1.88 bits per heavy atom. The van der Waals surface area contributed by atoms with E-state index in [4.69, 9.17) is 0 Å². The van der Waals surface area contributed by atoms with Gasteiger partial charge in [0.1, 0.15) is 11.6 Å². The van der Waals surface area contributed by atoms with E-state index in [1.54, 1.807) is 18.2 Å². The largest absolute Gasteiger partial charge is 0.341 e. The van der Waals surface area contributed by atoms with Crippen LogP contribution in [0.25, 0.3) is 11.0 Å². The summed E-state index contributed by atoms with van der Waals surface area (Å²) >= 11 is 0. The molecule has 1 amide bonds. The highest BCUT2D eigenvalue weighted by Gasteiger charge is 2.26. The predicted octanol–water partition coefficient (Wildman–Crippen LogP) is 3.55. The second-order valence-corrected chi connectivity index (χ2v) is 6.72. The van der Waals surface area contributed by atoms with E-state index in [9.17, 15) is 9.18 Å². The Balaban J connectivity index is 1.32. The number of para-hydroxylation sites is 3. The smallest absolute Gasteiger partial charge is 0.227 e. The number of piperidine rings is 1. The van der Waals surface area contributed by atoms with E-state index in [-0.39, 0.29) is 17.5 Å². The quantitative estimate of drug-likeness (QED) is 0.755. The van der Waals surface area contributed by atoms with Gasteiger partial charge in [0.25, 0.3) is 0 Å². The van der Waals surface area contributed by atoms with Gasteiger partial charge in [0.15, 0.2) is 0 Å². The van der Waals surface area contributed by atoms with Gasteiger partial charge in [-0.3, -0.25) is 9.69 Å². The lowest BCUT2D eigenvalue weighted by molar-refractivity contribution is -0.121. The second kappa shape index (κ2) is 7.25. The Morgan fingerprint density at radius 3 is 2.65 bits per heavy atom. The maximum Gasteiger partial charge on any atom is 0.227 e. The molecule has 3 aromatic rings. The first-order valence-electron chi connectivity index (χ1n) is 8.90. The van der Waals surface area contributed by atoms with Crippen LogP contribution in [0.4, 0.5) is 10.1 Å². The number of nitrogens with one attached hydrogen (secondary N) is 2. The topological polar surface area (TPSA) is 61.0 Å². The second-order valence-electron chi connectivity index (χ2n) is 6.72. The average Bonchev–Trinajstić information content (AvgIpc) is 3.06. The minimum absolute atomic E-state index is 0.0819. The molecule has 4 rings (SSSR count). The number of carbonyl (C=O) groups is 1. The van der Waals surface area contributed by atoms with E-state index >= 15 is 0 Å². The molecular formula is C20H21FN4O. The van der Waals surface area contributed by atoms with Crippen LogP contribution < -0.4 is 5.32 Å². The molecule has 0 aliphatic carbocycles. The fourth-order valence-corrected chi connectivity index (χ4v) is 3.44. The third-order valence-corrected chi connectivity index (χ3v) is 4.90. The number of imidazole rings is 1. The summed E-state index contributed by atoms with van der Waals surface area (Å²) in [6.45, 7) is 2.40. The molecule has 0 radical (unpaired) electrons. The van der Waals surface area contributed by atoms with Crippen molar-refractivity contribution in [1.82, 2.24) is 14.9 Å². The molecule has 0 unspecified atom stereocenters. The summed E-state index contributed by atoms with van der Waals surface area (Å²) in [6, 6.07) is 14.3. The van der Waals surface area contributed by atoms with Gasteiger partial charge in [-0.05, 0) is 50.2 Å². The molecule has 2 heterocycles. The van der Waals surface area contributed by atoms with Crippen LogP contribution in [0.3, 0.4) is 0 Å². The molecule has 26 heavy (non-hydrogen) atoms. The van der Waals surface area contributed by atoms with Crippen molar-refractivity contribution in [2.24, 2.45) is 5.92 Å². The summed E-state index contributed by atoms with van der Waals surface area (Å²) in [7, 11) is 0. The van der Waals surface area contributed by atoms with Crippen LogP contribution in [0, 0.1) is 11.7 Å². The predicted molar refractivity (Wildman–Crippen MR) is 99.1 cm³/mol. The number of amides is 1. The van der Waals surface area contributed by atoms with Crippen LogP contribution in [-0.2, 0) is 11.3 Å². The van der Waals surface area contributed by atoms with Crippen molar-refractivity contribution < 1.29 is 9.18 Å². The maximum absolute atomic E-state index is 13.7. The minimum Gasteiger partial charge on any atom is -0.341 e. The van der Waals surface area contributed by atoms with Crippen molar-refractivity contribution in [2.75, 3.05) is 18.4 Å². The zero-order chi connectivity index (χ0) is 17.9. The zero-order valence-corrected chi connectivity index (χ0v) is 14.4. The van der Waals surface area contributed by atoms with Gasteiger partial charge < -0.3 is 10.3 Å². The van der Waals surface area contributed by atoms with Crippen LogP contribution in [-0.4, -0.2) is 33.9 Å². The standard InChI is InChI=1S/C20H21FN4O/c21-15-5-1-2-6-16(15)24-20(26)14-9-11-25(12-10-14)13-19-22-17-7-3-4-8-18(17)23-19/h1-8,14H,9-13H2,(H,22,23)(H,24,26). The van der Waals surface area contributed by atoms with E-state index < -0.39 is 5.82 Å². The summed E-state index contributed by atoms with van der Waals surface area (Å²) < 4.78 is 13.7. The summed E-state index contributed by atoms with van der Waals surface area (Å²) in [5, 5.41) is 2.71. The van der Waals surface area contributed by atoms with Crippen LogP contribution in [0.5, 0.6) is 0 Å². The molecule has 0 spiro atoms. The van der Waals surface area contributed by atoms with Gasteiger partial charge >= 0.3 is 0 Å². The van der Waals surface area contributed by atoms with E-state index in [0.29, 0.717) is 0 Å². The molecule has 2 aromatic carbocycles. The minimum atomic E-state index is -0.400. The SMILES string of the molecule is O=C(Nc1ccccc1F)C1CCN(Cc2nc3ccccc3[nH]2)CC1. The molecule has 5 nitrogen and oxygen atoms in total.